The van der Waals surface area contributed by atoms with Gasteiger partial charge in [-0.25, -0.2) is 4.98 Å². The molecule has 0 saturated carbocycles. The summed E-state index contributed by atoms with van der Waals surface area (Å²) in [4.78, 5) is 5.78. The normalized spacial score (nSPS) is 20.7. The monoisotopic (exact) mass is 293 g/mol. The first kappa shape index (κ1) is 14.4. The second kappa shape index (κ2) is 5.54. The zero-order valence-electron chi connectivity index (χ0n) is 10.3. The van der Waals surface area contributed by atoms with E-state index < -0.39 is 11.7 Å². The van der Waals surface area contributed by atoms with Crippen LogP contribution in [-0.2, 0) is 6.18 Å². The Hall–Kier alpha value is -1.01. The predicted octanol–water partition coefficient (Wildman–Crippen LogP) is 2.93. The number of nitrogens with zero attached hydrogens (tertiary/aromatic N) is 2. The van der Waals surface area contributed by atoms with E-state index in [1.54, 1.807) is 0 Å². The van der Waals surface area contributed by atoms with Crippen molar-refractivity contribution in [3.8, 4) is 0 Å². The number of piperidine rings is 1. The van der Waals surface area contributed by atoms with Gasteiger partial charge in [0.2, 0.25) is 0 Å². The molecule has 0 aliphatic carbocycles. The highest BCUT2D eigenvalue weighted by molar-refractivity contribution is 6.33. The summed E-state index contributed by atoms with van der Waals surface area (Å²) in [5.74, 6) is 0.752. The average molecular weight is 294 g/mol. The van der Waals surface area contributed by atoms with Crippen molar-refractivity contribution in [3.63, 3.8) is 0 Å². The van der Waals surface area contributed by atoms with E-state index in [0.717, 1.165) is 31.6 Å². The molecule has 1 aromatic rings. The molecule has 1 saturated heterocycles. The second-order valence-corrected chi connectivity index (χ2v) is 5.12. The SMILES string of the molecule is NC[C@H]1CCCN(c2ncc(C(F)(F)F)cc2Cl)C1. The fourth-order valence-electron chi connectivity index (χ4n) is 2.27. The lowest BCUT2D eigenvalue weighted by atomic mass is 9.98. The van der Waals surface area contributed by atoms with Crippen molar-refractivity contribution >= 4 is 17.4 Å². The van der Waals surface area contributed by atoms with Crippen LogP contribution in [-0.4, -0.2) is 24.6 Å². The predicted molar refractivity (Wildman–Crippen MR) is 68.2 cm³/mol. The fraction of sp³-hybridized carbons (Fsp3) is 0.583. The molecule has 3 nitrogen and oxygen atoms in total. The number of nitrogens with two attached hydrogens (primary N) is 1. The summed E-state index contributed by atoms with van der Waals surface area (Å²) in [6, 6.07) is 0.927. The summed E-state index contributed by atoms with van der Waals surface area (Å²) in [7, 11) is 0. The summed E-state index contributed by atoms with van der Waals surface area (Å²) in [6.07, 6.45) is -1.61. The molecule has 0 amide bonds. The van der Waals surface area contributed by atoms with Crippen molar-refractivity contribution in [1.29, 1.82) is 0 Å². The van der Waals surface area contributed by atoms with Crippen LogP contribution in [0.25, 0.3) is 0 Å². The molecular weight excluding hydrogens is 279 g/mol. The Kier molecular flexibility index (Phi) is 4.20. The number of anilines is 1. The third-order valence-electron chi connectivity index (χ3n) is 3.30. The van der Waals surface area contributed by atoms with Gasteiger partial charge in [0.05, 0.1) is 10.6 Å². The molecule has 1 fully saturated rings. The minimum atomic E-state index is -4.42. The molecule has 2 heterocycles. The van der Waals surface area contributed by atoms with Gasteiger partial charge < -0.3 is 10.6 Å². The van der Waals surface area contributed by atoms with Crippen molar-refractivity contribution in [2.75, 3.05) is 24.5 Å². The first-order valence-corrected chi connectivity index (χ1v) is 6.47. The Labute approximate surface area is 114 Å². The molecular formula is C12H15ClF3N3. The van der Waals surface area contributed by atoms with E-state index in [9.17, 15) is 13.2 Å². The highest BCUT2D eigenvalue weighted by atomic mass is 35.5. The van der Waals surface area contributed by atoms with Gasteiger partial charge in [0.25, 0.3) is 0 Å². The van der Waals surface area contributed by atoms with Crippen LogP contribution in [0.2, 0.25) is 5.02 Å². The summed E-state index contributed by atoms with van der Waals surface area (Å²) in [5, 5.41) is 0.0347. The zero-order valence-corrected chi connectivity index (χ0v) is 11.0. The number of alkyl halides is 3. The Balaban J connectivity index is 2.21. The van der Waals surface area contributed by atoms with E-state index in [-0.39, 0.29) is 5.02 Å². The highest BCUT2D eigenvalue weighted by Crippen LogP contribution is 2.34. The molecule has 1 atom stereocenters. The van der Waals surface area contributed by atoms with Crippen molar-refractivity contribution in [2.45, 2.75) is 19.0 Å². The third kappa shape index (κ3) is 3.30. The minimum Gasteiger partial charge on any atom is -0.355 e. The lowest BCUT2D eigenvalue weighted by Gasteiger charge is -2.33. The Morgan fingerprint density at radius 2 is 2.21 bits per heavy atom. The number of pyridine rings is 1. The Bertz CT molecular complexity index is 450. The maximum atomic E-state index is 12.5. The summed E-state index contributed by atoms with van der Waals surface area (Å²) in [5.41, 5.74) is 4.81. The van der Waals surface area contributed by atoms with Crippen LogP contribution in [0.15, 0.2) is 12.3 Å². The van der Waals surface area contributed by atoms with Gasteiger partial charge in [-0.05, 0) is 31.4 Å². The van der Waals surface area contributed by atoms with Gasteiger partial charge in [-0.3, -0.25) is 0 Å². The maximum Gasteiger partial charge on any atom is 0.417 e. The summed E-state index contributed by atoms with van der Waals surface area (Å²) < 4.78 is 37.6. The number of rotatable bonds is 2. The molecule has 1 aromatic heterocycles. The van der Waals surface area contributed by atoms with Crippen LogP contribution >= 0.6 is 11.6 Å². The highest BCUT2D eigenvalue weighted by Gasteiger charge is 2.32. The van der Waals surface area contributed by atoms with Crippen LogP contribution in [0.3, 0.4) is 0 Å². The van der Waals surface area contributed by atoms with Crippen molar-refractivity contribution in [2.24, 2.45) is 11.7 Å². The van der Waals surface area contributed by atoms with E-state index in [1.165, 1.54) is 0 Å². The molecule has 0 unspecified atom stereocenters. The van der Waals surface area contributed by atoms with E-state index in [4.69, 9.17) is 17.3 Å². The molecule has 0 spiro atoms. The molecule has 0 radical (unpaired) electrons. The van der Waals surface area contributed by atoms with Gasteiger partial charge in [0, 0.05) is 19.3 Å². The average Bonchev–Trinajstić information content (AvgIpc) is 2.37. The molecule has 19 heavy (non-hydrogen) atoms. The van der Waals surface area contributed by atoms with E-state index >= 15 is 0 Å². The zero-order chi connectivity index (χ0) is 14.0. The lowest BCUT2D eigenvalue weighted by Crippen LogP contribution is -2.39. The topological polar surface area (TPSA) is 42.1 Å². The van der Waals surface area contributed by atoms with E-state index in [2.05, 4.69) is 4.98 Å². The quantitative estimate of drug-likeness (QED) is 0.911. The molecule has 2 rings (SSSR count). The van der Waals surface area contributed by atoms with E-state index in [0.29, 0.717) is 24.8 Å². The van der Waals surface area contributed by atoms with Gasteiger partial charge in [-0.15, -0.1) is 0 Å². The number of hydrogen-bond acceptors (Lipinski definition) is 3. The van der Waals surface area contributed by atoms with Gasteiger partial charge in [-0.2, -0.15) is 13.2 Å². The van der Waals surface area contributed by atoms with Crippen LogP contribution in [0.4, 0.5) is 19.0 Å². The van der Waals surface area contributed by atoms with E-state index in [1.807, 2.05) is 4.90 Å². The Morgan fingerprint density at radius 1 is 1.47 bits per heavy atom. The van der Waals surface area contributed by atoms with Gasteiger partial charge in [0.1, 0.15) is 5.82 Å². The fourth-order valence-corrected chi connectivity index (χ4v) is 2.55. The largest absolute Gasteiger partial charge is 0.417 e. The number of aromatic nitrogens is 1. The standard InChI is InChI=1S/C12H15ClF3N3/c13-10-4-9(12(14,15)16)6-18-11(10)19-3-1-2-8(5-17)7-19/h4,6,8H,1-3,5,7,17H2/t8-/m1/s1. The first-order chi connectivity index (χ1) is 8.91. The molecule has 2 N–H and O–H groups in total. The molecule has 0 bridgehead atoms. The second-order valence-electron chi connectivity index (χ2n) is 4.72. The van der Waals surface area contributed by atoms with Crippen molar-refractivity contribution < 1.29 is 13.2 Å². The number of halogens is 4. The first-order valence-electron chi connectivity index (χ1n) is 6.09. The molecule has 106 valence electrons. The van der Waals surface area contributed by atoms with Gasteiger partial charge in [-0.1, -0.05) is 11.6 Å². The summed E-state index contributed by atoms with van der Waals surface area (Å²) in [6.45, 7) is 2.00. The molecule has 7 heteroatoms. The molecule has 1 aliphatic heterocycles. The smallest absolute Gasteiger partial charge is 0.355 e. The van der Waals surface area contributed by atoms with Crippen LogP contribution in [0.5, 0.6) is 0 Å². The maximum absolute atomic E-state index is 12.5. The van der Waals surface area contributed by atoms with Gasteiger partial charge in [0.15, 0.2) is 0 Å². The van der Waals surface area contributed by atoms with Crippen LogP contribution < -0.4 is 10.6 Å². The molecule has 0 aromatic carbocycles. The summed E-state index contributed by atoms with van der Waals surface area (Å²) >= 11 is 5.92. The van der Waals surface area contributed by atoms with Crippen LogP contribution in [0, 0.1) is 5.92 Å². The number of hydrogen-bond donors (Lipinski definition) is 1. The lowest BCUT2D eigenvalue weighted by molar-refractivity contribution is -0.137. The Morgan fingerprint density at radius 3 is 2.79 bits per heavy atom. The third-order valence-corrected chi connectivity index (χ3v) is 3.58. The van der Waals surface area contributed by atoms with Crippen LogP contribution in [0.1, 0.15) is 18.4 Å². The van der Waals surface area contributed by atoms with Gasteiger partial charge >= 0.3 is 6.18 Å². The molecule has 1 aliphatic rings. The van der Waals surface area contributed by atoms with Crippen molar-refractivity contribution in [3.05, 3.63) is 22.8 Å². The minimum absolute atomic E-state index is 0.0347. The van der Waals surface area contributed by atoms with Crippen molar-refractivity contribution in [1.82, 2.24) is 4.98 Å².